The third-order valence-electron chi connectivity index (χ3n) is 3.01. The maximum atomic E-state index is 11.9. The predicted molar refractivity (Wildman–Crippen MR) is 63.0 cm³/mol. The van der Waals surface area contributed by atoms with E-state index in [1.807, 2.05) is 6.92 Å². The molecule has 2 unspecified atom stereocenters. The lowest BCUT2D eigenvalue weighted by Gasteiger charge is -2.25. The zero-order valence-corrected chi connectivity index (χ0v) is 10.4. The molecule has 0 radical (unpaired) electrons. The van der Waals surface area contributed by atoms with Gasteiger partial charge in [0, 0.05) is 6.54 Å². The summed E-state index contributed by atoms with van der Waals surface area (Å²) in [7, 11) is -3.12. The Labute approximate surface area is 95.9 Å². The van der Waals surface area contributed by atoms with Crippen molar-refractivity contribution in [2.75, 3.05) is 12.3 Å². The van der Waals surface area contributed by atoms with Crippen molar-refractivity contribution in [2.45, 2.75) is 25.8 Å². The lowest BCUT2D eigenvalue weighted by molar-refractivity contribution is 0.355. The molecular weight excluding hydrogens is 232 g/mol. The van der Waals surface area contributed by atoms with Crippen LogP contribution in [0.15, 0.2) is 0 Å². The highest BCUT2D eigenvalue weighted by Gasteiger charge is 2.45. The Morgan fingerprint density at radius 1 is 1.53 bits per heavy atom. The van der Waals surface area contributed by atoms with E-state index >= 15 is 0 Å². The van der Waals surface area contributed by atoms with Crippen LogP contribution in [0, 0.1) is 11.8 Å². The minimum atomic E-state index is -3.12. The van der Waals surface area contributed by atoms with E-state index in [1.54, 1.807) is 0 Å². The van der Waals surface area contributed by atoms with Gasteiger partial charge in [-0.15, -0.1) is 0 Å². The molecule has 2 fully saturated rings. The second-order valence-electron chi connectivity index (χ2n) is 4.64. The van der Waals surface area contributed by atoms with Crippen LogP contribution >= 0.6 is 12.2 Å². The number of hydrogen-bond acceptors (Lipinski definition) is 3. The number of nitrogens with two attached hydrogens (primary N) is 1. The molecule has 0 aromatic carbocycles. The van der Waals surface area contributed by atoms with Crippen LogP contribution in [0.3, 0.4) is 0 Å². The summed E-state index contributed by atoms with van der Waals surface area (Å²) < 4.78 is 25.2. The summed E-state index contributed by atoms with van der Waals surface area (Å²) in [6.45, 7) is 2.52. The first kappa shape index (κ1) is 11.3. The van der Waals surface area contributed by atoms with E-state index in [-0.39, 0.29) is 17.7 Å². The van der Waals surface area contributed by atoms with Gasteiger partial charge in [0.25, 0.3) is 0 Å². The molecule has 0 amide bonds. The third kappa shape index (κ3) is 2.16. The van der Waals surface area contributed by atoms with Gasteiger partial charge in [-0.05, 0) is 24.7 Å². The van der Waals surface area contributed by atoms with Crippen molar-refractivity contribution in [3.05, 3.63) is 0 Å². The minimum Gasteiger partial charge on any atom is -0.392 e. The van der Waals surface area contributed by atoms with Crippen molar-refractivity contribution in [1.82, 2.24) is 4.31 Å². The maximum Gasteiger partial charge on any atom is 0.215 e. The molecule has 2 atom stereocenters. The summed E-state index contributed by atoms with van der Waals surface area (Å²) in [6, 6.07) is -0.227. The van der Waals surface area contributed by atoms with Crippen molar-refractivity contribution in [3.8, 4) is 0 Å². The van der Waals surface area contributed by atoms with E-state index < -0.39 is 10.0 Å². The van der Waals surface area contributed by atoms with E-state index in [1.165, 1.54) is 4.31 Å². The first-order valence-electron chi connectivity index (χ1n) is 5.20. The van der Waals surface area contributed by atoms with Crippen LogP contribution in [0.25, 0.3) is 0 Å². The molecule has 86 valence electrons. The second-order valence-corrected chi connectivity index (χ2v) is 7.08. The lowest BCUT2D eigenvalue weighted by Crippen LogP contribution is -2.46. The molecular formula is C9H16N2O2S2. The summed E-state index contributed by atoms with van der Waals surface area (Å²) >= 11 is 4.98. The second kappa shape index (κ2) is 3.68. The number of rotatable bonds is 3. The molecule has 15 heavy (non-hydrogen) atoms. The van der Waals surface area contributed by atoms with Gasteiger partial charge in [-0.3, -0.25) is 0 Å². The molecule has 2 rings (SSSR count). The quantitative estimate of drug-likeness (QED) is 0.731. The summed E-state index contributed by atoms with van der Waals surface area (Å²) in [4.78, 5) is 0.329. The van der Waals surface area contributed by atoms with Gasteiger partial charge in [-0.1, -0.05) is 19.1 Å². The van der Waals surface area contributed by atoms with E-state index in [2.05, 4.69) is 0 Å². The fourth-order valence-corrected chi connectivity index (χ4v) is 4.75. The molecule has 1 aliphatic carbocycles. The Morgan fingerprint density at radius 3 is 2.47 bits per heavy atom. The van der Waals surface area contributed by atoms with Crippen LogP contribution in [0.2, 0.25) is 0 Å². The van der Waals surface area contributed by atoms with Crippen LogP contribution in [-0.4, -0.2) is 36.1 Å². The van der Waals surface area contributed by atoms with Gasteiger partial charge >= 0.3 is 0 Å². The SMILES string of the molecule is CC1CN(C(C(N)=S)C2CC2)S(=O)(=O)C1. The van der Waals surface area contributed by atoms with E-state index in [9.17, 15) is 8.42 Å². The molecule has 1 aliphatic heterocycles. The van der Waals surface area contributed by atoms with Crippen molar-refractivity contribution < 1.29 is 8.42 Å². The van der Waals surface area contributed by atoms with Gasteiger partial charge < -0.3 is 5.73 Å². The molecule has 1 heterocycles. The van der Waals surface area contributed by atoms with Crippen molar-refractivity contribution >= 4 is 27.2 Å². The van der Waals surface area contributed by atoms with Crippen LogP contribution < -0.4 is 5.73 Å². The van der Waals surface area contributed by atoms with Crippen LogP contribution in [-0.2, 0) is 10.0 Å². The van der Waals surface area contributed by atoms with E-state index in [4.69, 9.17) is 18.0 Å². The summed E-state index contributed by atoms with van der Waals surface area (Å²) in [5.41, 5.74) is 5.65. The highest BCUT2D eigenvalue weighted by atomic mass is 32.2. The highest BCUT2D eigenvalue weighted by molar-refractivity contribution is 7.89. The first-order chi connectivity index (χ1) is 6.92. The molecule has 1 saturated heterocycles. The number of nitrogens with zero attached hydrogens (tertiary/aromatic N) is 1. The van der Waals surface area contributed by atoms with Gasteiger partial charge in [-0.25, -0.2) is 8.42 Å². The molecule has 2 aliphatic rings. The van der Waals surface area contributed by atoms with Crippen LogP contribution in [0.5, 0.6) is 0 Å². The minimum absolute atomic E-state index is 0.186. The molecule has 0 spiro atoms. The maximum absolute atomic E-state index is 11.9. The van der Waals surface area contributed by atoms with Crippen molar-refractivity contribution in [1.29, 1.82) is 0 Å². The van der Waals surface area contributed by atoms with Crippen LogP contribution in [0.4, 0.5) is 0 Å². The Morgan fingerprint density at radius 2 is 2.13 bits per heavy atom. The Kier molecular flexibility index (Phi) is 2.77. The molecule has 4 nitrogen and oxygen atoms in total. The largest absolute Gasteiger partial charge is 0.392 e. The Balaban J connectivity index is 2.24. The lowest BCUT2D eigenvalue weighted by atomic mass is 10.1. The standard InChI is InChI=1S/C9H16N2O2S2/c1-6-4-11(15(12,13)5-6)8(9(10)14)7-2-3-7/h6-8H,2-5H2,1H3,(H2,10,14). The van der Waals surface area contributed by atoms with Crippen LogP contribution in [0.1, 0.15) is 19.8 Å². The Hall–Kier alpha value is -0.200. The van der Waals surface area contributed by atoms with Gasteiger partial charge in [0.15, 0.2) is 0 Å². The zero-order valence-electron chi connectivity index (χ0n) is 8.72. The van der Waals surface area contributed by atoms with Crippen molar-refractivity contribution in [2.24, 2.45) is 17.6 Å². The van der Waals surface area contributed by atoms with Gasteiger partial charge in [-0.2, -0.15) is 4.31 Å². The summed E-state index contributed by atoms with van der Waals surface area (Å²) in [5, 5.41) is 0. The fourth-order valence-electron chi connectivity index (χ4n) is 2.24. The Bertz CT molecular complexity index is 376. The topological polar surface area (TPSA) is 63.4 Å². The fraction of sp³-hybridized carbons (Fsp3) is 0.889. The average Bonchev–Trinajstić information content (AvgIpc) is 2.80. The predicted octanol–water partition coefficient (Wildman–Crippen LogP) is 0.333. The number of sulfonamides is 1. The normalized spacial score (nSPS) is 32.7. The summed E-state index contributed by atoms with van der Waals surface area (Å²) in [5.74, 6) is 0.784. The molecule has 0 bridgehead atoms. The van der Waals surface area contributed by atoms with Gasteiger partial charge in [0.1, 0.15) is 0 Å². The smallest absolute Gasteiger partial charge is 0.215 e. The average molecular weight is 248 g/mol. The monoisotopic (exact) mass is 248 g/mol. The molecule has 2 N–H and O–H groups in total. The third-order valence-corrected chi connectivity index (χ3v) is 5.34. The van der Waals surface area contributed by atoms with E-state index in [0.29, 0.717) is 17.5 Å². The van der Waals surface area contributed by atoms with E-state index in [0.717, 1.165) is 12.8 Å². The first-order valence-corrected chi connectivity index (χ1v) is 7.22. The molecule has 6 heteroatoms. The van der Waals surface area contributed by atoms with Crippen molar-refractivity contribution in [3.63, 3.8) is 0 Å². The number of hydrogen-bond donors (Lipinski definition) is 1. The summed E-state index contributed by atoms with van der Waals surface area (Å²) in [6.07, 6.45) is 2.09. The zero-order chi connectivity index (χ0) is 11.2. The molecule has 0 aromatic rings. The number of thiocarbonyl (C=S) groups is 1. The van der Waals surface area contributed by atoms with Gasteiger partial charge in [0.2, 0.25) is 10.0 Å². The highest BCUT2D eigenvalue weighted by Crippen LogP contribution is 2.38. The molecule has 1 saturated carbocycles. The molecule has 0 aromatic heterocycles. The van der Waals surface area contributed by atoms with Gasteiger partial charge in [0.05, 0.1) is 16.8 Å².